The molecule has 2 fully saturated rings. The lowest BCUT2D eigenvalue weighted by Gasteiger charge is -2.62. The van der Waals surface area contributed by atoms with Crippen molar-refractivity contribution < 1.29 is 5.11 Å². The normalized spacial score (nSPS) is 39.9. The largest absolute Gasteiger partial charge is 0.393 e. The van der Waals surface area contributed by atoms with Crippen LogP contribution in [0.5, 0.6) is 0 Å². The van der Waals surface area contributed by atoms with Crippen molar-refractivity contribution in [1.29, 1.82) is 0 Å². The van der Waals surface area contributed by atoms with E-state index in [1.807, 2.05) is 11.1 Å². The van der Waals surface area contributed by atoms with E-state index < -0.39 is 0 Å². The van der Waals surface area contributed by atoms with Gasteiger partial charge in [-0.15, -0.1) is 11.8 Å². The van der Waals surface area contributed by atoms with Gasteiger partial charge in [0.05, 0.1) is 6.10 Å². The average molecular weight is 537 g/mol. The lowest BCUT2D eigenvalue weighted by molar-refractivity contribution is -0.0962. The smallest absolute Gasteiger partial charge is 0.0594 e. The first-order chi connectivity index (χ1) is 17.8. The van der Waals surface area contributed by atoms with Gasteiger partial charge in [-0.2, -0.15) is 0 Å². The van der Waals surface area contributed by atoms with E-state index in [1.165, 1.54) is 62.7 Å². The van der Waals surface area contributed by atoms with E-state index in [2.05, 4.69) is 97.5 Å². The molecule has 212 valence electrons. The second-order valence-corrected chi connectivity index (χ2v) is 16.8. The SMILES string of the molecule is CC(C)C(CC[C@@H](C)[C@H]1CC[C@@]2(C)C3=C(CC[C@]12C)[C@@]1(C)CC[C@H](O)C(C)(C)[C@@H]1CC3)Sc1ccccc1. The van der Waals surface area contributed by atoms with E-state index >= 15 is 0 Å². The van der Waals surface area contributed by atoms with Gasteiger partial charge in [0.2, 0.25) is 0 Å². The first-order valence-electron chi connectivity index (χ1n) is 16.0. The van der Waals surface area contributed by atoms with Crippen molar-refractivity contribution in [2.45, 2.75) is 136 Å². The van der Waals surface area contributed by atoms with Crippen molar-refractivity contribution in [3.63, 3.8) is 0 Å². The fourth-order valence-corrected chi connectivity index (χ4v) is 11.6. The van der Waals surface area contributed by atoms with Crippen LogP contribution in [-0.4, -0.2) is 16.5 Å². The van der Waals surface area contributed by atoms with Crippen LogP contribution in [0.25, 0.3) is 0 Å². The highest BCUT2D eigenvalue weighted by atomic mass is 32.2. The van der Waals surface area contributed by atoms with Gasteiger partial charge < -0.3 is 5.11 Å². The summed E-state index contributed by atoms with van der Waals surface area (Å²) in [5.41, 5.74) is 4.85. The van der Waals surface area contributed by atoms with Crippen molar-refractivity contribution >= 4 is 11.8 Å². The lowest BCUT2D eigenvalue weighted by Crippen LogP contribution is -2.55. The molecule has 1 nitrogen and oxygen atoms in total. The molecule has 2 heteroatoms. The summed E-state index contributed by atoms with van der Waals surface area (Å²) in [5, 5.41) is 11.6. The van der Waals surface area contributed by atoms with Crippen molar-refractivity contribution in [1.82, 2.24) is 0 Å². The molecular formula is C36H56OS. The van der Waals surface area contributed by atoms with E-state index in [4.69, 9.17) is 0 Å². The number of fused-ring (bicyclic) bond motifs is 4. The number of rotatable bonds is 7. The van der Waals surface area contributed by atoms with E-state index in [0.29, 0.717) is 33.3 Å². The number of benzene rings is 1. The minimum atomic E-state index is -0.140. The van der Waals surface area contributed by atoms with Crippen LogP contribution in [0.2, 0.25) is 0 Å². The summed E-state index contributed by atoms with van der Waals surface area (Å²) >= 11 is 2.10. The summed E-state index contributed by atoms with van der Waals surface area (Å²) in [6, 6.07) is 11.1. The van der Waals surface area contributed by atoms with Gasteiger partial charge in [0.15, 0.2) is 0 Å². The first-order valence-corrected chi connectivity index (χ1v) is 16.9. The highest BCUT2D eigenvalue weighted by molar-refractivity contribution is 8.00. The maximum atomic E-state index is 10.9. The van der Waals surface area contributed by atoms with E-state index in [0.717, 1.165) is 18.3 Å². The molecule has 0 saturated heterocycles. The van der Waals surface area contributed by atoms with Gasteiger partial charge in [-0.05, 0) is 122 Å². The highest BCUT2D eigenvalue weighted by Crippen LogP contribution is 2.72. The molecule has 1 aromatic rings. The molecule has 5 rings (SSSR count). The molecule has 2 saturated carbocycles. The summed E-state index contributed by atoms with van der Waals surface area (Å²) in [6.07, 6.45) is 12.7. The fraction of sp³-hybridized carbons (Fsp3) is 0.778. The van der Waals surface area contributed by atoms with Crippen LogP contribution in [0.3, 0.4) is 0 Å². The molecule has 4 aliphatic carbocycles. The Kier molecular flexibility index (Phi) is 7.78. The quantitative estimate of drug-likeness (QED) is 0.276. The molecule has 0 bridgehead atoms. The Morgan fingerprint density at radius 1 is 0.842 bits per heavy atom. The maximum absolute atomic E-state index is 10.9. The summed E-state index contributed by atoms with van der Waals surface area (Å²) in [4.78, 5) is 1.42. The van der Waals surface area contributed by atoms with Gasteiger partial charge in [-0.25, -0.2) is 0 Å². The Bertz CT molecular complexity index is 1030. The van der Waals surface area contributed by atoms with Crippen molar-refractivity contribution in [2.24, 2.45) is 45.3 Å². The average Bonchev–Trinajstić information content (AvgIpc) is 3.16. The number of thioether (sulfide) groups is 1. The molecule has 4 aliphatic rings. The Labute approximate surface area is 239 Å². The van der Waals surface area contributed by atoms with Gasteiger partial charge in [-0.3, -0.25) is 0 Å². The molecule has 1 aromatic carbocycles. The summed E-state index contributed by atoms with van der Waals surface area (Å²) in [6.45, 7) is 20.1. The topological polar surface area (TPSA) is 20.2 Å². The van der Waals surface area contributed by atoms with Crippen LogP contribution >= 0.6 is 11.8 Å². The van der Waals surface area contributed by atoms with E-state index in [1.54, 1.807) is 0 Å². The molecule has 8 atom stereocenters. The Hall–Kier alpha value is -0.730. The minimum Gasteiger partial charge on any atom is -0.393 e. The lowest BCUT2D eigenvalue weighted by atomic mass is 9.43. The third-order valence-electron chi connectivity index (χ3n) is 13.2. The zero-order valence-electron chi connectivity index (χ0n) is 25.8. The molecule has 0 spiro atoms. The van der Waals surface area contributed by atoms with E-state index in [-0.39, 0.29) is 11.5 Å². The van der Waals surface area contributed by atoms with Crippen LogP contribution < -0.4 is 0 Å². The third kappa shape index (κ3) is 4.47. The molecule has 0 heterocycles. The molecule has 0 amide bonds. The van der Waals surface area contributed by atoms with Crippen molar-refractivity contribution in [3.8, 4) is 0 Å². The number of aliphatic hydroxyl groups excluding tert-OH is 1. The number of hydrogen-bond acceptors (Lipinski definition) is 2. The van der Waals surface area contributed by atoms with Crippen LogP contribution in [0, 0.1) is 45.3 Å². The second kappa shape index (κ2) is 10.3. The van der Waals surface area contributed by atoms with Crippen LogP contribution in [-0.2, 0) is 0 Å². The van der Waals surface area contributed by atoms with Crippen molar-refractivity contribution in [3.05, 3.63) is 41.5 Å². The summed E-state index contributed by atoms with van der Waals surface area (Å²) in [5.74, 6) is 2.95. The minimum absolute atomic E-state index is 0.0324. The molecule has 0 radical (unpaired) electrons. The van der Waals surface area contributed by atoms with Crippen LogP contribution in [0.4, 0.5) is 0 Å². The number of aliphatic hydroxyl groups is 1. The van der Waals surface area contributed by atoms with Gasteiger partial charge in [0, 0.05) is 10.1 Å². The molecule has 38 heavy (non-hydrogen) atoms. The third-order valence-corrected chi connectivity index (χ3v) is 14.8. The molecule has 0 aromatic heterocycles. The fourth-order valence-electron chi connectivity index (χ4n) is 10.5. The molecule has 0 aliphatic heterocycles. The Morgan fingerprint density at radius 3 is 2.24 bits per heavy atom. The standard InChI is InChI=1S/C36H56OS/c1-24(2)30(38-26-12-10-9-11-13-26)16-14-25(3)27-18-22-36(8)29-15-17-31-33(4,5)32(37)20-21-34(31,6)28(29)19-23-35(27,36)7/h9-13,24-25,27,30-32,37H,14-23H2,1-8H3/t25-,27-,30?,31+,32+,34-,35-,36+/m1/s1. The predicted molar refractivity (Wildman–Crippen MR) is 164 cm³/mol. The number of hydrogen-bond donors (Lipinski definition) is 1. The number of allylic oxidation sites excluding steroid dienone is 2. The summed E-state index contributed by atoms with van der Waals surface area (Å²) in [7, 11) is 0. The summed E-state index contributed by atoms with van der Waals surface area (Å²) < 4.78 is 0. The highest BCUT2D eigenvalue weighted by Gasteiger charge is 2.63. The van der Waals surface area contributed by atoms with Gasteiger partial charge in [-0.1, -0.05) is 84.7 Å². The molecular weight excluding hydrogens is 480 g/mol. The van der Waals surface area contributed by atoms with E-state index in [9.17, 15) is 5.11 Å². The van der Waals surface area contributed by atoms with Gasteiger partial charge >= 0.3 is 0 Å². The van der Waals surface area contributed by atoms with Gasteiger partial charge in [0.25, 0.3) is 0 Å². The monoisotopic (exact) mass is 536 g/mol. The maximum Gasteiger partial charge on any atom is 0.0594 e. The second-order valence-electron chi connectivity index (χ2n) is 15.5. The predicted octanol–water partition coefficient (Wildman–Crippen LogP) is 10.3. The molecule has 1 unspecified atom stereocenters. The van der Waals surface area contributed by atoms with Crippen molar-refractivity contribution in [2.75, 3.05) is 0 Å². The Balaban J connectivity index is 1.34. The van der Waals surface area contributed by atoms with Gasteiger partial charge in [0.1, 0.15) is 0 Å². The van der Waals surface area contributed by atoms with Crippen LogP contribution in [0.1, 0.15) is 120 Å². The molecule has 1 N–H and O–H groups in total. The van der Waals surface area contributed by atoms with Crippen LogP contribution in [0.15, 0.2) is 46.4 Å². The zero-order valence-corrected chi connectivity index (χ0v) is 26.6. The Morgan fingerprint density at radius 2 is 1.55 bits per heavy atom. The zero-order chi connectivity index (χ0) is 27.5. The first kappa shape index (κ1) is 28.8.